The van der Waals surface area contributed by atoms with E-state index < -0.39 is 0 Å². The van der Waals surface area contributed by atoms with Gasteiger partial charge >= 0.3 is 0 Å². The summed E-state index contributed by atoms with van der Waals surface area (Å²) in [5.74, 6) is 13.3. The fourth-order valence-electron chi connectivity index (χ4n) is 6.45. The Bertz CT molecular complexity index is 2600. The molecule has 8 rings (SSSR count). The van der Waals surface area contributed by atoms with Gasteiger partial charge in [0.15, 0.2) is 0 Å². The van der Waals surface area contributed by atoms with Crippen LogP contribution in [0.3, 0.4) is 0 Å². The van der Waals surface area contributed by atoms with Crippen LogP contribution in [0.25, 0.3) is 21.8 Å². The molecule has 274 valence electrons. The molecule has 0 N–H and O–H groups in total. The van der Waals surface area contributed by atoms with Crippen LogP contribution in [0.5, 0.6) is 0 Å². The normalized spacial score (nSPS) is 14.7. The van der Waals surface area contributed by atoms with E-state index in [1.165, 1.54) is 24.3 Å². The zero-order valence-electron chi connectivity index (χ0n) is 30.4. The Morgan fingerprint density at radius 1 is 0.574 bits per heavy atom. The summed E-state index contributed by atoms with van der Waals surface area (Å²) in [7, 11) is 6.42. The minimum absolute atomic E-state index is 0. The summed E-state index contributed by atoms with van der Waals surface area (Å²) in [5.41, 5.74) is 4.45. The van der Waals surface area contributed by atoms with Gasteiger partial charge in [-0.05, 0) is 92.0 Å². The van der Waals surface area contributed by atoms with E-state index in [-0.39, 0.29) is 46.7 Å². The first-order chi connectivity index (χ1) is 25.5. The van der Waals surface area contributed by atoms with Crippen LogP contribution in [0, 0.1) is 35.3 Å². The second-order valence-electron chi connectivity index (χ2n) is 14.1. The van der Waals surface area contributed by atoms with E-state index >= 15 is 0 Å². The average molecular weight is 837 g/mol. The lowest BCUT2D eigenvalue weighted by Gasteiger charge is -2.27. The summed E-state index contributed by atoms with van der Waals surface area (Å²) in [6, 6.07) is 23.1. The smallest absolute Gasteiger partial charge is 0.261 e. The number of likely N-dealkylation sites (N-methyl/N-ethyl adjacent to an activating group) is 2. The molecule has 0 fully saturated rings. The molecule has 2 aliphatic rings. The van der Waals surface area contributed by atoms with Gasteiger partial charge in [0.2, 0.25) is 0 Å². The molecule has 8 nitrogen and oxygen atoms in total. The van der Waals surface area contributed by atoms with Crippen molar-refractivity contribution in [2.75, 3.05) is 47.3 Å². The highest BCUT2D eigenvalue weighted by atomic mass is 127. The molecule has 0 aliphatic carbocycles. The van der Waals surface area contributed by atoms with Crippen molar-refractivity contribution >= 4 is 21.8 Å². The predicted molar refractivity (Wildman–Crippen MR) is 204 cm³/mol. The van der Waals surface area contributed by atoms with E-state index in [4.69, 9.17) is 9.97 Å². The Balaban J connectivity index is 0.000000181. The number of fused-ring (bicyclic) bond motifs is 4. The summed E-state index contributed by atoms with van der Waals surface area (Å²) in [6.45, 7) is 4.97. The number of hydrogen-bond acceptors (Lipinski definition) is 5. The van der Waals surface area contributed by atoms with Crippen LogP contribution in [0.4, 0.5) is 8.78 Å². The second kappa shape index (κ2) is 16.4. The van der Waals surface area contributed by atoms with Gasteiger partial charge < -0.3 is 33.4 Å². The molecule has 4 heterocycles. The van der Waals surface area contributed by atoms with Crippen molar-refractivity contribution in [1.29, 1.82) is 0 Å². The Morgan fingerprint density at radius 2 is 1.02 bits per heavy atom. The minimum atomic E-state index is -0.280. The summed E-state index contributed by atoms with van der Waals surface area (Å²) in [5, 5.41) is 1.24. The molecule has 0 spiro atoms. The Labute approximate surface area is 329 Å². The molecular weight excluding hydrogens is 797 g/mol. The van der Waals surface area contributed by atoms with E-state index in [1.54, 1.807) is 41.0 Å². The Kier molecular flexibility index (Phi) is 11.7. The fourth-order valence-corrected chi connectivity index (χ4v) is 6.45. The third kappa shape index (κ3) is 8.93. The largest absolute Gasteiger partial charge is 1.00 e. The molecular formula is C43H39F2IN6O2. The molecule has 0 unspecified atom stereocenters. The molecule has 0 saturated carbocycles. The predicted octanol–water partition coefficient (Wildman–Crippen LogP) is 2.00. The number of rotatable bonds is 0. The standard InChI is InChI=1S/C22H21FN3O.C21H18FN3O.HI/c1-26(2)13-11-21-24-20-15-17(4-3-16-5-8-18(23)9-6-16)7-10-19(20)22(27)25(21)12-14-26;1-24-11-10-20-23-19-14-16(3-2-15-4-7-17(22)8-5-15)6-9-18(19)21(26)25(20)13-12-24;/h5-10,15H,11-14H2,1-2H3;4-9,14H,10-13H2,1H3;1H/q+1;;/p-1. The first kappa shape index (κ1) is 38.5. The molecule has 2 aromatic heterocycles. The van der Waals surface area contributed by atoms with Crippen molar-refractivity contribution in [1.82, 2.24) is 24.0 Å². The molecule has 0 saturated heterocycles. The van der Waals surface area contributed by atoms with E-state index in [2.05, 4.69) is 49.7 Å². The van der Waals surface area contributed by atoms with Crippen molar-refractivity contribution < 1.29 is 37.2 Å². The highest BCUT2D eigenvalue weighted by Crippen LogP contribution is 2.16. The van der Waals surface area contributed by atoms with E-state index in [0.29, 0.717) is 34.9 Å². The molecule has 2 aliphatic heterocycles. The van der Waals surface area contributed by atoms with Crippen molar-refractivity contribution in [3.8, 4) is 23.7 Å². The zero-order valence-corrected chi connectivity index (χ0v) is 32.5. The molecule has 11 heteroatoms. The molecule has 0 radical (unpaired) electrons. The number of hydrogen-bond donors (Lipinski definition) is 0. The summed E-state index contributed by atoms with van der Waals surface area (Å²) >= 11 is 0. The SMILES string of the molecule is CN1CCc2nc3cc(C#Cc4ccc(F)cc4)ccc3c(=O)n2CC1.C[N+]1(C)CCc2nc3cc(C#Cc4ccc(F)cc4)ccc3c(=O)n2CC1.[I-]. The van der Waals surface area contributed by atoms with E-state index in [0.717, 1.165) is 77.4 Å². The van der Waals surface area contributed by atoms with Crippen LogP contribution >= 0.6 is 0 Å². The lowest BCUT2D eigenvalue weighted by Crippen LogP contribution is -3.00. The quantitative estimate of drug-likeness (QED) is 0.133. The lowest BCUT2D eigenvalue weighted by molar-refractivity contribution is -0.889. The first-order valence-electron chi connectivity index (χ1n) is 17.6. The maximum atomic E-state index is 13.0. The monoisotopic (exact) mass is 836 g/mol. The molecule has 6 aromatic rings. The van der Waals surface area contributed by atoms with Crippen LogP contribution in [0.2, 0.25) is 0 Å². The maximum Gasteiger partial charge on any atom is 0.261 e. The van der Waals surface area contributed by atoms with Gasteiger partial charge in [0, 0.05) is 48.3 Å². The van der Waals surface area contributed by atoms with Gasteiger partial charge in [-0.2, -0.15) is 0 Å². The van der Waals surface area contributed by atoms with Crippen LogP contribution in [0.1, 0.15) is 33.9 Å². The minimum Gasteiger partial charge on any atom is -1.00 e. The third-order valence-electron chi connectivity index (χ3n) is 9.75. The lowest BCUT2D eigenvalue weighted by atomic mass is 10.1. The number of benzene rings is 4. The van der Waals surface area contributed by atoms with Crippen LogP contribution in [-0.4, -0.2) is 75.8 Å². The number of aromatic nitrogens is 4. The van der Waals surface area contributed by atoms with Gasteiger partial charge in [-0.15, -0.1) is 0 Å². The van der Waals surface area contributed by atoms with Crippen molar-refractivity contribution in [2.45, 2.75) is 25.9 Å². The van der Waals surface area contributed by atoms with E-state index in [9.17, 15) is 18.4 Å². The van der Waals surface area contributed by atoms with Crippen LogP contribution < -0.4 is 35.1 Å². The Hall–Kier alpha value is -5.21. The molecule has 54 heavy (non-hydrogen) atoms. The highest BCUT2D eigenvalue weighted by Gasteiger charge is 2.23. The molecule has 0 bridgehead atoms. The van der Waals surface area contributed by atoms with Crippen molar-refractivity contribution in [3.63, 3.8) is 0 Å². The van der Waals surface area contributed by atoms with Gasteiger partial charge in [-0.25, -0.2) is 18.7 Å². The van der Waals surface area contributed by atoms with Gasteiger partial charge in [-0.3, -0.25) is 18.7 Å². The molecule has 4 aromatic carbocycles. The third-order valence-corrected chi connectivity index (χ3v) is 9.75. The van der Waals surface area contributed by atoms with Gasteiger partial charge in [0.05, 0.1) is 62.0 Å². The summed E-state index contributed by atoms with van der Waals surface area (Å²) < 4.78 is 30.4. The number of nitrogens with zero attached hydrogens (tertiary/aromatic N) is 6. The van der Waals surface area contributed by atoms with Crippen LogP contribution in [0.15, 0.2) is 94.5 Å². The second-order valence-corrected chi connectivity index (χ2v) is 14.1. The molecule has 0 amide bonds. The first-order valence-corrected chi connectivity index (χ1v) is 17.6. The average Bonchev–Trinajstić information content (AvgIpc) is 3.44. The fraction of sp³-hybridized carbons (Fsp3) is 0.256. The van der Waals surface area contributed by atoms with Crippen molar-refractivity contribution in [2.24, 2.45) is 0 Å². The summed E-state index contributed by atoms with van der Waals surface area (Å²) in [6.07, 6.45) is 1.54. The number of halogens is 3. The van der Waals surface area contributed by atoms with E-state index in [1.807, 2.05) is 28.8 Å². The van der Waals surface area contributed by atoms with Crippen molar-refractivity contribution in [3.05, 3.63) is 151 Å². The Morgan fingerprint density at radius 3 is 1.54 bits per heavy atom. The van der Waals surface area contributed by atoms with Gasteiger partial charge in [0.1, 0.15) is 23.3 Å². The topological polar surface area (TPSA) is 73.0 Å². The summed E-state index contributed by atoms with van der Waals surface area (Å²) in [4.78, 5) is 37.4. The maximum absolute atomic E-state index is 13.0. The van der Waals surface area contributed by atoms with Gasteiger partial charge in [-0.1, -0.05) is 23.7 Å². The zero-order chi connectivity index (χ0) is 37.1. The van der Waals surface area contributed by atoms with Gasteiger partial charge in [0.25, 0.3) is 11.1 Å². The molecule has 0 atom stereocenters. The van der Waals surface area contributed by atoms with Crippen LogP contribution in [-0.2, 0) is 25.9 Å². The highest BCUT2D eigenvalue weighted by molar-refractivity contribution is 5.80. The number of quaternary nitrogens is 1.